The molecule has 142 valence electrons. The zero-order valence-electron chi connectivity index (χ0n) is 15.6. The van der Waals surface area contributed by atoms with Gasteiger partial charge in [-0.1, -0.05) is 89.1 Å². The van der Waals surface area contributed by atoms with Gasteiger partial charge in [0.25, 0.3) is 0 Å². The van der Waals surface area contributed by atoms with Crippen LogP contribution in [0.15, 0.2) is 64.2 Å². The Labute approximate surface area is 179 Å². The van der Waals surface area contributed by atoms with E-state index in [4.69, 9.17) is 0 Å². The number of halogens is 1. The number of aromatic nitrogens is 3. The smallest absolute Gasteiger partial charge is 0.192 e. The fourth-order valence-corrected chi connectivity index (χ4v) is 4.77. The van der Waals surface area contributed by atoms with E-state index < -0.39 is 0 Å². The number of hydrogen-bond acceptors (Lipinski definition) is 3. The number of hydrogen-bond donors (Lipinski definition) is 0. The van der Waals surface area contributed by atoms with Crippen LogP contribution in [0, 0.1) is 11.8 Å². The van der Waals surface area contributed by atoms with Gasteiger partial charge in [0, 0.05) is 21.6 Å². The molecule has 0 radical (unpaired) electrons. The Balaban J connectivity index is 1.59. The largest absolute Gasteiger partial charge is 0.299 e. The van der Waals surface area contributed by atoms with Crippen LogP contribution in [0.4, 0.5) is 0 Å². The van der Waals surface area contributed by atoms with Crippen LogP contribution in [0.3, 0.4) is 0 Å². The molecule has 0 bridgehead atoms. The van der Waals surface area contributed by atoms with Crippen molar-refractivity contribution in [2.75, 3.05) is 5.75 Å². The summed E-state index contributed by atoms with van der Waals surface area (Å²) in [5.74, 6) is 8.16. The van der Waals surface area contributed by atoms with Gasteiger partial charge in [0.15, 0.2) is 11.0 Å². The highest BCUT2D eigenvalue weighted by Gasteiger charge is 2.23. The Morgan fingerprint density at radius 2 is 1.82 bits per heavy atom. The average Bonchev–Trinajstić information content (AvgIpc) is 3.16. The van der Waals surface area contributed by atoms with E-state index in [1.165, 1.54) is 32.1 Å². The van der Waals surface area contributed by atoms with Crippen molar-refractivity contribution in [3.05, 3.63) is 64.6 Å². The maximum Gasteiger partial charge on any atom is 0.192 e. The molecule has 0 N–H and O–H groups in total. The summed E-state index contributed by atoms with van der Waals surface area (Å²) in [6.07, 6.45) is 6.28. The first kappa shape index (κ1) is 19.3. The van der Waals surface area contributed by atoms with Gasteiger partial charge in [0.2, 0.25) is 0 Å². The minimum atomic E-state index is 0.474. The number of nitrogens with zero attached hydrogens (tertiary/aromatic N) is 3. The molecular weight excluding hydrogens is 430 g/mol. The van der Waals surface area contributed by atoms with Crippen LogP contribution in [-0.4, -0.2) is 20.5 Å². The van der Waals surface area contributed by atoms with E-state index in [2.05, 4.69) is 60.7 Å². The van der Waals surface area contributed by atoms with Gasteiger partial charge < -0.3 is 0 Å². The van der Waals surface area contributed by atoms with Crippen LogP contribution in [-0.2, 0) is 0 Å². The average molecular weight is 452 g/mol. The lowest BCUT2D eigenvalue weighted by Gasteiger charge is -2.25. The van der Waals surface area contributed by atoms with Gasteiger partial charge in [0.1, 0.15) is 0 Å². The zero-order chi connectivity index (χ0) is 19.2. The third-order valence-corrected chi connectivity index (χ3v) is 6.29. The molecule has 5 heteroatoms. The molecule has 3 aromatic rings. The molecule has 0 saturated heterocycles. The van der Waals surface area contributed by atoms with E-state index in [1.54, 1.807) is 11.8 Å². The fraction of sp³-hybridized carbons (Fsp3) is 0.304. The van der Waals surface area contributed by atoms with Gasteiger partial charge in [-0.05, 0) is 37.1 Å². The molecule has 1 aliphatic rings. The topological polar surface area (TPSA) is 30.7 Å². The molecule has 1 heterocycles. The van der Waals surface area contributed by atoms with Crippen molar-refractivity contribution >= 4 is 27.7 Å². The van der Waals surface area contributed by atoms with E-state index in [9.17, 15) is 0 Å². The third-order valence-electron chi connectivity index (χ3n) is 4.97. The van der Waals surface area contributed by atoms with Crippen molar-refractivity contribution in [3.8, 4) is 23.2 Å². The minimum absolute atomic E-state index is 0.474. The van der Waals surface area contributed by atoms with Crippen molar-refractivity contribution in [1.29, 1.82) is 0 Å². The molecular formula is C23H22BrN3S. The Hall–Kier alpha value is -2.03. The van der Waals surface area contributed by atoms with E-state index in [-0.39, 0.29) is 0 Å². The van der Waals surface area contributed by atoms with E-state index >= 15 is 0 Å². The van der Waals surface area contributed by atoms with Gasteiger partial charge >= 0.3 is 0 Å². The summed E-state index contributed by atoms with van der Waals surface area (Å²) in [6.45, 7) is 0. The number of benzene rings is 2. The lowest BCUT2D eigenvalue weighted by atomic mass is 9.95. The molecule has 4 rings (SSSR count). The van der Waals surface area contributed by atoms with Crippen LogP contribution < -0.4 is 0 Å². The van der Waals surface area contributed by atoms with Crippen molar-refractivity contribution in [3.63, 3.8) is 0 Å². The Kier molecular flexibility index (Phi) is 6.51. The molecule has 0 spiro atoms. The lowest BCUT2D eigenvalue weighted by Crippen LogP contribution is -2.15. The first-order valence-corrected chi connectivity index (χ1v) is 11.5. The standard InChI is InChI=1S/C23H22BrN3S/c24-20-13-7-12-19(17-20)22-25-26-23(27(22)21-14-5-2-6-15-21)28-16-8-11-18-9-3-1-4-10-18/h1,3-4,7,9-10,12-13,17,21H,2,5-6,14-16H2. The predicted octanol–water partition coefficient (Wildman–Crippen LogP) is 6.36. The lowest BCUT2D eigenvalue weighted by molar-refractivity contribution is 0.339. The maximum absolute atomic E-state index is 4.56. The number of thioether (sulfide) groups is 1. The van der Waals surface area contributed by atoms with Crippen LogP contribution in [0.2, 0.25) is 0 Å². The first-order valence-electron chi connectivity index (χ1n) is 9.69. The second kappa shape index (κ2) is 9.45. The van der Waals surface area contributed by atoms with Crippen molar-refractivity contribution < 1.29 is 0 Å². The summed E-state index contributed by atoms with van der Waals surface area (Å²) in [5.41, 5.74) is 2.15. The highest BCUT2D eigenvalue weighted by Crippen LogP contribution is 2.35. The first-order chi connectivity index (χ1) is 13.8. The van der Waals surface area contributed by atoms with Crippen molar-refractivity contribution in [1.82, 2.24) is 14.8 Å². The van der Waals surface area contributed by atoms with Crippen molar-refractivity contribution in [2.24, 2.45) is 0 Å². The molecule has 2 aromatic carbocycles. The quantitative estimate of drug-likeness (QED) is 0.341. The second-order valence-electron chi connectivity index (χ2n) is 6.93. The van der Waals surface area contributed by atoms with Crippen LogP contribution >= 0.6 is 27.7 Å². The number of rotatable bonds is 4. The zero-order valence-corrected chi connectivity index (χ0v) is 18.0. The van der Waals surface area contributed by atoms with E-state index in [0.717, 1.165) is 26.6 Å². The Morgan fingerprint density at radius 1 is 1.00 bits per heavy atom. The molecule has 3 nitrogen and oxygen atoms in total. The van der Waals surface area contributed by atoms with Crippen molar-refractivity contribution in [2.45, 2.75) is 43.3 Å². The van der Waals surface area contributed by atoms with Gasteiger partial charge in [0.05, 0.1) is 5.75 Å². The summed E-state index contributed by atoms with van der Waals surface area (Å²) < 4.78 is 3.42. The summed E-state index contributed by atoms with van der Waals surface area (Å²) in [4.78, 5) is 0. The molecule has 0 unspecified atom stereocenters. The molecule has 1 saturated carbocycles. The molecule has 28 heavy (non-hydrogen) atoms. The third kappa shape index (κ3) is 4.68. The van der Waals surface area contributed by atoms with Gasteiger partial charge in [-0.3, -0.25) is 4.57 Å². The summed E-state index contributed by atoms with van der Waals surface area (Å²) in [7, 11) is 0. The monoisotopic (exact) mass is 451 g/mol. The van der Waals surface area contributed by atoms with E-state index in [0.29, 0.717) is 11.8 Å². The molecule has 1 aliphatic carbocycles. The summed E-state index contributed by atoms with van der Waals surface area (Å²) in [6, 6.07) is 18.9. The van der Waals surface area contributed by atoms with Crippen LogP contribution in [0.25, 0.3) is 11.4 Å². The fourth-order valence-electron chi connectivity index (χ4n) is 3.63. The SMILES string of the molecule is Brc1cccc(-c2nnc(SCC#Cc3ccccc3)n2C2CCCCC2)c1. The predicted molar refractivity (Wildman–Crippen MR) is 119 cm³/mol. The second-order valence-corrected chi connectivity index (χ2v) is 8.79. The van der Waals surface area contributed by atoms with Gasteiger partial charge in [-0.15, -0.1) is 10.2 Å². The van der Waals surface area contributed by atoms with Crippen LogP contribution in [0.1, 0.15) is 43.7 Å². The molecule has 0 aliphatic heterocycles. The summed E-state index contributed by atoms with van der Waals surface area (Å²) in [5, 5.41) is 10.1. The molecule has 0 amide bonds. The van der Waals surface area contributed by atoms with Gasteiger partial charge in [-0.25, -0.2) is 0 Å². The Morgan fingerprint density at radius 3 is 2.61 bits per heavy atom. The molecule has 1 aromatic heterocycles. The molecule has 1 fully saturated rings. The van der Waals surface area contributed by atoms with E-state index in [1.807, 2.05) is 36.4 Å². The highest BCUT2D eigenvalue weighted by molar-refractivity contribution is 9.10. The summed E-state index contributed by atoms with van der Waals surface area (Å²) >= 11 is 5.26. The molecule has 0 atom stereocenters. The normalized spacial score (nSPS) is 14.5. The maximum atomic E-state index is 4.56. The highest BCUT2D eigenvalue weighted by atomic mass is 79.9. The minimum Gasteiger partial charge on any atom is -0.299 e. The Bertz CT molecular complexity index is 982. The van der Waals surface area contributed by atoms with Gasteiger partial charge in [-0.2, -0.15) is 0 Å². The van der Waals surface area contributed by atoms with Crippen LogP contribution in [0.5, 0.6) is 0 Å².